The molecule has 0 unspecified atom stereocenters. The Morgan fingerprint density at radius 2 is 2.24 bits per heavy atom. The number of aryl methyl sites for hydroxylation is 2. The van der Waals surface area contributed by atoms with Crippen molar-refractivity contribution >= 4 is 11.7 Å². The summed E-state index contributed by atoms with van der Waals surface area (Å²) in [4.78, 5) is 24.4. The quantitative estimate of drug-likeness (QED) is 0.688. The van der Waals surface area contributed by atoms with E-state index in [0.717, 1.165) is 11.4 Å². The minimum Gasteiger partial charge on any atom is -0.349 e. The second-order valence-corrected chi connectivity index (χ2v) is 4.62. The van der Waals surface area contributed by atoms with Gasteiger partial charge in [-0.3, -0.25) is 9.89 Å². The summed E-state index contributed by atoms with van der Waals surface area (Å²) >= 11 is 0. The van der Waals surface area contributed by atoms with E-state index in [1.807, 2.05) is 19.9 Å². The van der Waals surface area contributed by atoms with Crippen LogP contribution in [0.25, 0.3) is 5.78 Å². The molecule has 0 aliphatic rings. The monoisotopic (exact) mass is 286 g/mol. The fraction of sp³-hybridized carbons (Fsp3) is 0.333. The lowest BCUT2D eigenvalue weighted by Crippen LogP contribution is -2.27. The third-order valence-electron chi connectivity index (χ3n) is 2.93. The van der Waals surface area contributed by atoms with Gasteiger partial charge in [-0.05, 0) is 19.9 Å². The molecule has 0 aliphatic carbocycles. The normalized spacial score (nSPS) is 11.0. The number of rotatable bonds is 4. The Kier molecular flexibility index (Phi) is 3.30. The van der Waals surface area contributed by atoms with Crippen molar-refractivity contribution in [3.8, 4) is 0 Å². The number of fused-ring (bicyclic) bond motifs is 1. The van der Waals surface area contributed by atoms with Crippen molar-refractivity contribution in [3.63, 3.8) is 0 Å². The predicted octanol–water partition coefficient (Wildman–Crippen LogP) is -0.168. The summed E-state index contributed by atoms with van der Waals surface area (Å²) in [5.41, 5.74) is 1.72. The smallest absolute Gasteiger partial charge is 0.291 e. The first-order chi connectivity index (χ1) is 10.1. The first-order valence-electron chi connectivity index (χ1n) is 6.47. The van der Waals surface area contributed by atoms with Gasteiger partial charge in [0.2, 0.25) is 5.82 Å². The van der Waals surface area contributed by atoms with Crippen LogP contribution in [-0.4, -0.2) is 47.2 Å². The average Bonchev–Trinajstić information content (AvgIpc) is 3.07. The molecule has 0 bridgehead atoms. The number of carbonyl (C=O) groups is 1. The van der Waals surface area contributed by atoms with Crippen LogP contribution in [0, 0.1) is 13.8 Å². The topological polar surface area (TPSA) is 114 Å². The van der Waals surface area contributed by atoms with Gasteiger partial charge in [0, 0.05) is 24.4 Å². The molecule has 3 heterocycles. The lowest BCUT2D eigenvalue weighted by atomic mass is 10.4. The van der Waals surface area contributed by atoms with Gasteiger partial charge < -0.3 is 5.32 Å². The van der Waals surface area contributed by atoms with E-state index in [1.54, 1.807) is 4.52 Å². The molecule has 1 amide bonds. The zero-order valence-corrected chi connectivity index (χ0v) is 11.7. The highest BCUT2D eigenvalue weighted by Gasteiger charge is 2.14. The Labute approximate surface area is 119 Å². The van der Waals surface area contributed by atoms with E-state index in [0.29, 0.717) is 24.6 Å². The van der Waals surface area contributed by atoms with Crippen LogP contribution in [0.2, 0.25) is 0 Å². The predicted molar refractivity (Wildman–Crippen MR) is 72.7 cm³/mol. The van der Waals surface area contributed by atoms with Gasteiger partial charge in [-0.1, -0.05) is 0 Å². The molecule has 3 rings (SSSR count). The zero-order chi connectivity index (χ0) is 14.8. The number of H-pyrrole nitrogens is 1. The molecule has 0 spiro atoms. The van der Waals surface area contributed by atoms with E-state index >= 15 is 0 Å². The maximum absolute atomic E-state index is 12.0. The van der Waals surface area contributed by atoms with Crippen molar-refractivity contribution in [3.05, 3.63) is 35.4 Å². The van der Waals surface area contributed by atoms with Crippen LogP contribution in [0.4, 0.5) is 0 Å². The van der Waals surface area contributed by atoms with Crippen LogP contribution in [0.5, 0.6) is 0 Å². The highest BCUT2D eigenvalue weighted by atomic mass is 16.2. The fourth-order valence-corrected chi connectivity index (χ4v) is 1.99. The van der Waals surface area contributed by atoms with Gasteiger partial charge in [-0.15, -0.1) is 5.10 Å². The highest BCUT2D eigenvalue weighted by molar-refractivity contribution is 5.90. The number of aromatic nitrogens is 7. The van der Waals surface area contributed by atoms with Crippen LogP contribution in [-0.2, 0) is 6.42 Å². The Balaban J connectivity index is 1.71. The van der Waals surface area contributed by atoms with Crippen LogP contribution < -0.4 is 5.32 Å². The number of amides is 1. The van der Waals surface area contributed by atoms with Gasteiger partial charge in [0.25, 0.3) is 11.7 Å². The Bertz CT molecular complexity index is 776. The average molecular weight is 286 g/mol. The molecule has 9 heteroatoms. The SMILES string of the molecule is Cc1cc(C)n2nc(C(=O)NCCc3ncn[nH]3)nc2n1. The first kappa shape index (κ1) is 13.2. The Hall–Kier alpha value is -2.84. The van der Waals surface area contributed by atoms with E-state index in [2.05, 4.69) is 35.6 Å². The molecule has 9 nitrogen and oxygen atoms in total. The molecule has 0 fully saturated rings. The number of nitrogens with one attached hydrogen (secondary N) is 2. The van der Waals surface area contributed by atoms with Gasteiger partial charge in [0.05, 0.1) is 0 Å². The van der Waals surface area contributed by atoms with Crippen molar-refractivity contribution in [2.24, 2.45) is 0 Å². The summed E-state index contributed by atoms with van der Waals surface area (Å²) in [6, 6.07) is 1.88. The summed E-state index contributed by atoms with van der Waals surface area (Å²) in [6.07, 6.45) is 1.99. The van der Waals surface area contributed by atoms with Crippen molar-refractivity contribution in [1.29, 1.82) is 0 Å². The summed E-state index contributed by atoms with van der Waals surface area (Å²) in [5.74, 6) is 0.908. The van der Waals surface area contributed by atoms with Crippen LogP contribution >= 0.6 is 0 Å². The number of hydrogen-bond acceptors (Lipinski definition) is 6. The summed E-state index contributed by atoms with van der Waals surface area (Å²) in [6.45, 7) is 4.19. The number of aromatic amines is 1. The standard InChI is InChI=1S/C12H14N8O/c1-7-5-8(2)20-12(16-7)17-10(19-20)11(21)13-4-3-9-14-6-15-18-9/h5-6H,3-4H2,1-2H3,(H,13,21)(H,14,15,18). The minimum absolute atomic E-state index is 0.105. The van der Waals surface area contributed by atoms with E-state index in [-0.39, 0.29) is 11.7 Å². The van der Waals surface area contributed by atoms with Crippen molar-refractivity contribution in [2.75, 3.05) is 6.54 Å². The molecule has 0 saturated carbocycles. The van der Waals surface area contributed by atoms with Crippen LogP contribution in [0.1, 0.15) is 27.8 Å². The van der Waals surface area contributed by atoms with Crippen molar-refractivity contribution in [2.45, 2.75) is 20.3 Å². The fourth-order valence-electron chi connectivity index (χ4n) is 1.99. The van der Waals surface area contributed by atoms with Crippen molar-refractivity contribution in [1.82, 2.24) is 40.1 Å². The minimum atomic E-state index is -0.336. The molecular weight excluding hydrogens is 272 g/mol. The molecule has 0 aromatic carbocycles. The second kappa shape index (κ2) is 5.27. The molecular formula is C12H14N8O. The summed E-state index contributed by atoms with van der Waals surface area (Å²) < 4.78 is 1.55. The zero-order valence-electron chi connectivity index (χ0n) is 11.7. The molecule has 0 aliphatic heterocycles. The number of carbonyl (C=O) groups excluding carboxylic acids is 1. The van der Waals surface area contributed by atoms with Gasteiger partial charge in [-0.25, -0.2) is 14.5 Å². The summed E-state index contributed by atoms with van der Waals surface area (Å²) in [7, 11) is 0. The van der Waals surface area contributed by atoms with Crippen LogP contribution in [0.15, 0.2) is 12.4 Å². The Morgan fingerprint density at radius 1 is 1.38 bits per heavy atom. The van der Waals surface area contributed by atoms with Crippen molar-refractivity contribution < 1.29 is 4.79 Å². The molecule has 3 aromatic rings. The lowest BCUT2D eigenvalue weighted by Gasteiger charge is -1.99. The molecule has 3 aromatic heterocycles. The van der Waals surface area contributed by atoms with Gasteiger partial charge in [0.1, 0.15) is 12.2 Å². The Morgan fingerprint density at radius 3 is 3.00 bits per heavy atom. The number of hydrogen-bond donors (Lipinski definition) is 2. The van der Waals surface area contributed by atoms with Gasteiger partial charge in [-0.2, -0.15) is 10.1 Å². The first-order valence-corrected chi connectivity index (χ1v) is 6.47. The third-order valence-corrected chi connectivity index (χ3v) is 2.93. The maximum Gasteiger partial charge on any atom is 0.291 e. The van der Waals surface area contributed by atoms with E-state index in [4.69, 9.17) is 0 Å². The van der Waals surface area contributed by atoms with E-state index < -0.39 is 0 Å². The molecule has 108 valence electrons. The largest absolute Gasteiger partial charge is 0.349 e. The molecule has 0 saturated heterocycles. The second-order valence-electron chi connectivity index (χ2n) is 4.62. The lowest BCUT2D eigenvalue weighted by molar-refractivity contribution is 0.0944. The van der Waals surface area contributed by atoms with Gasteiger partial charge in [0.15, 0.2) is 0 Å². The molecule has 2 N–H and O–H groups in total. The summed E-state index contributed by atoms with van der Waals surface area (Å²) in [5, 5.41) is 13.4. The molecule has 21 heavy (non-hydrogen) atoms. The highest BCUT2D eigenvalue weighted by Crippen LogP contribution is 2.05. The maximum atomic E-state index is 12.0. The number of nitrogens with zero attached hydrogens (tertiary/aromatic N) is 6. The third kappa shape index (κ3) is 2.71. The van der Waals surface area contributed by atoms with Crippen LogP contribution in [0.3, 0.4) is 0 Å². The molecule has 0 atom stereocenters. The van der Waals surface area contributed by atoms with E-state index in [1.165, 1.54) is 6.33 Å². The van der Waals surface area contributed by atoms with Gasteiger partial charge >= 0.3 is 0 Å². The molecule has 0 radical (unpaired) electrons. The van der Waals surface area contributed by atoms with E-state index in [9.17, 15) is 4.79 Å².